The number of hydrogen-bond donors (Lipinski definition) is 1. The molecule has 26 heavy (non-hydrogen) atoms. The van der Waals surface area contributed by atoms with Gasteiger partial charge in [-0.1, -0.05) is 11.6 Å². The Morgan fingerprint density at radius 3 is 2.46 bits per heavy atom. The topological polar surface area (TPSA) is 49.4 Å². The molecule has 4 nitrogen and oxygen atoms in total. The van der Waals surface area contributed by atoms with Crippen molar-refractivity contribution in [1.82, 2.24) is 0 Å². The maximum Gasteiger partial charge on any atom is 0.229 e. The molecule has 2 amide bonds. The molecule has 0 bridgehead atoms. The van der Waals surface area contributed by atoms with Gasteiger partial charge in [0.05, 0.1) is 16.6 Å². The quantitative estimate of drug-likeness (QED) is 0.642. The van der Waals surface area contributed by atoms with E-state index < -0.39 is 46.7 Å². The first-order valence-electron chi connectivity index (χ1n) is 7.47. The van der Waals surface area contributed by atoms with Crippen molar-refractivity contribution in [2.75, 3.05) is 16.8 Å². The highest BCUT2D eigenvalue weighted by molar-refractivity contribution is 6.31. The Hall–Kier alpha value is -2.61. The Kier molecular flexibility index (Phi) is 4.86. The molecular formula is C17H11ClF4N2O2. The molecule has 1 N–H and O–H groups in total. The van der Waals surface area contributed by atoms with E-state index in [0.29, 0.717) is 6.07 Å². The number of anilines is 2. The van der Waals surface area contributed by atoms with E-state index in [0.717, 1.165) is 17.0 Å². The van der Waals surface area contributed by atoms with Crippen LogP contribution in [0, 0.1) is 29.2 Å². The monoisotopic (exact) mass is 386 g/mol. The molecule has 1 aliphatic heterocycles. The first-order chi connectivity index (χ1) is 12.3. The second-order valence-corrected chi connectivity index (χ2v) is 6.13. The van der Waals surface area contributed by atoms with E-state index in [1.54, 1.807) is 0 Å². The van der Waals surface area contributed by atoms with Crippen LogP contribution in [0.15, 0.2) is 30.3 Å². The van der Waals surface area contributed by atoms with E-state index in [1.165, 1.54) is 12.1 Å². The van der Waals surface area contributed by atoms with E-state index in [9.17, 15) is 27.2 Å². The van der Waals surface area contributed by atoms with Crippen LogP contribution in [0.25, 0.3) is 0 Å². The molecule has 0 radical (unpaired) electrons. The number of halogens is 5. The lowest BCUT2D eigenvalue weighted by Crippen LogP contribution is -2.29. The van der Waals surface area contributed by atoms with Gasteiger partial charge in [-0.3, -0.25) is 9.59 Å². The Balaban J connectivity index is 1.76. The lowest BCUT2D eigenvalue weighted by Gasteiger charge is -2.18. The molecule has 0 aromatic heterocycles. The number of amides is 2. The van der Waals surface area contributed by atoms with Crippen LogP contribution < -0.4 is 10.2 Å². The number of nitrogens with one attached hydrogen (secondary N) is 1. The minimum absolute atomic E-state index is 0.184. The van der Waals surface area contributed by atoms with Gasteiger partial charge < -0.3 is 10.2 Å². The fourth-order valence-electron chi connectivity index (χ4n) is 2.66. The summed E-state index contributed by atoms with van der Waals surface area (Å²) < 4.78 is 53.4. The first-order valence-corrected chi connectivity index (χ1v) is 7.85. The minimum atomic E-state index is -1.69. The predicted octanol–water partition coefficient (Wildman–Crippen LogP) is 3.89. The van der Waals surface area contributed by atoms with E-state index in [4.69, 9.17) is 11.6 Å². The molecule has 2 aromatic rings. The molecule has 1 unspecified atom stereocenters. The molecule has 0 aliphatic carbocycles. The highest BCUT2D eigenvalue weighted by Crippen LogP contribution is 2.30. The highest BCUT2D eigenvalue weighted by Gasteiger charge is 2.37. The predicted molar refractivity (Wildman–Crippen MR) is 86.8 cm³/mol. The van der Waals surface area contributed by atoms with E-state index >= 15 is 0 Å². The number of carbonyl (C=O) groups excluding carboxylic acids is 2. The van der Waals surface area contributed by atoms with Crippen LogP contribution in [0.4, 0.5) is 28.9 Å². The van der Waals surface area contributed by atoms with Gasteiger partial charge in [0.25, 0.3) is 0 Å². The van der Waals surface area contributed by atoms with Crippen molar-refractivity contribution in [2.45, 2.75) is 6.42 Å². The van der Waals surface area contributed by atoms with Crippen molar-refractivity contribution < 1.29 is 27.2 Å². The zero-order chi connectivity index (χ0) is 19.0. The van der Waals surface area contributed by atoms with Gasteiger partial charge in [-0.05, 0) is 30.3 Å². The zero-order valence-electron chi connectivity index (χ0n) is 13.0. The maximum atomic E-state index is 13.9. The third kappa shape index (κ3) is 3.37. The van der Waals surface area contributed by atoms with E-state index in [2.05, 4.69) is 5.32 Å². The minimum Gasteiger partial charge on any atom is -0.326 e. The third-order valence-electron chi connectivity index (χ3n) is 3.99. The molecule has 1 atom stereocenters. The Morgan fingerprint density at radius 2 is 1.77 bits per heavy atom. The van der Waals surface area contributed by atoms with Gasteiger partial charge >= 0.3 is 0 Å². The van der Waals surface area contributed by atoms with Gasteiger partial charge in [-0.2, -0.15) is 0 Å². The highest BCUT2D eigenvalue weighted by atomic mass is 35.5. The number of carbonyl (C=O) groups is 2. The van der Waals surface area contributed by atoms with Crippen LogP contribution in [0.1, 0.15) is 6.42 Å². The Labute approximate surface area is 150 Å². The molecule has 3 rings (SSSR count). The van der Waals surface area contributed by atoms with Gasteiger partial charge in [0.15, 0.2) is 17.5 Å². The summed E-state index contributed by atoms with van der Waals surface area (Å²) in [5, 5.41) is 2.30. The van der Waals surface area contributed by atoms with Gasteiger partial charge in [-0.25, -0.2) is 17.6 Å². The largest absolute Gasteiger partial charge is 0.326 e. The van der Waals surface area contributed by atoms with Crippen molar-refractivity contribution >= 4 is 34.8 Å². The summed E-state index contributed by atoms with van der Waals surface area (Å²) in [5.74, 6) is -7.23. The first kappa shape index (κ1) is 18.2. The fourth-order valence-corrected chi connectivity index (χ4v) is 2.84. The zero-order valence-corrected chi connectivity index (χ0v) is 13.8. The van der Waals surface area contributed by atoms with Crippen LogP contribution in [0.2, 0.25) is 5.02 Å². The van der Waals surface area contributed by atoms with Crippen molar-refractivity contribution in [1.29, 1.82) is 0 Å². The lowest BCUT2D eigenvalue weighted by atomic mass is 10.1. The lowest BCUT2D eigenvalue weighted by molar-refractivity contribution is -0.122. The van der Waals surface area contributed by atoms with E-state index in [1.807, 2.05) is 0 Å². The van der Waals surface area contributed by atoms with Crippen LogP contribution >= 0.6 is 11.6 Å². The molecule has 1 aliphatic rings. The number of benzene rings is 2. The van der Waals surface area contributed by atoms with Gasteiger partial charge in [0.1, 0.15) is 5.82 Å². The van der Waals surface area contributed by atoms with Crippen LogP contribution in [-0.2, 0) is 9.59 Å². The molecule has 1 heterocycles. The standard InChI is InChI=1S/C17H11ClF4N2O2/c18-10-6-9(1-2-11(10)19)23-17(26)8-5-14(25)24(7-8)13-4-3-12(20)15(21)16(13)22/h1-4,6,8H,5,7H2,(H,23,26). The van der Waals surface area contributed by atoms with Crippen molar-refractivity contribution in [3.63, 3.8) is 0 Å². The maximum absolute atomic E-state index is 13.9. The number of hydrogen-bond acceptors (Lipinski definition) is 2. The second-order valence-electron chi connectivity index (χ2n) is 5.72. The van der Waals surface area contributed by atoms with Gasteiger partial charge in [0.2, 0.25) is 11.8 Å². The van der Waals surface area contributed by atoms with Crippen LogP contribution in [-0.4, -0.2) is 18.4 Å². The van der Waals surface area contributed by atoms with Crippen molar-refractivity contribution in [2.24, 2.45) is 5.92 Å². The molecule has 9 heteroatoms. The molecular weight excluding hydrogens is 376 g/mol. The average molecular weight is 387 g/mol. The summed E-state index contributed by atoms with van der Waals surface area (Å²) in [6.45, 7) is -0.207. The summed E-state index contributed by atoms with van der Waals surface area (Å²) in [6, 6.07) is 5.21. The van der Waals surface area contributed by atoms with Gasteiger partial charge in [0, 0.05) is 18.7 Å². The molecule has 2 aromatic carbocycles. The smallest absolute Gasteiger partial charge is 0.229 e. The van der Waals surface area contributed by atoms with Gasteiger partial charge in [-0.15, -0.1) is 0 Å². The molecule has 136 valence electrons. The Bertz CT molecular complexity index is 907. The summed E-state index contributed by atoms with van der Waals surface area (Å²) in [4.78, 5) is 25.3. The fraction of sp³-hybridized carbons (Fsp3) is 0.176. The molecule has 1 saturated heterocycles. The second kappa shape index (κ2) is 6.95. The summed E-state index contributed by atoms with van der Waals surface area (Å²) in [5.41, 5.74) is -0.208. The van der Waals surface area contributed by atoms with Crippen LogP contribution in [0.3, 0.4) is 0 Å². The summed E-state index contributed by atoms with van der Waals surface area (Å²) in [6.07, 6.45) is -0.237. The molecule has 1 fully saturated rings. The summed E-state index contributed by atoms with van der Waals surface area (Å²) in [7, 11) is 0. The normalized spacial score (nSPS) is 16.9. The number of nitrogens with zero attached hydrogens (tertiary/aromatic N) is 1. The third-order valence-corrected chi connectivity index (χ3v) is 4.28. The summed E-state index contributed by atoms with van der Waals surface area (Å²) >= 11 is 5.63. The average Bonchev–Trinajstić information content (AvgIpc) is 2.98. The SMILES string of the molecule is O=C(Nc1ccc(F)c(Cl)c1)C1CC(=O)N(c2ccc(F)c(F)c2F)C1. The van der Waals surface area contributed by atoms with Crippen molar-refractivity contribution in [3.8, 4) is 0 Å². The van der Waals surface area contributed by atoms with Crippen molar-refractivity contribution in [3.05, 3.63) is 58.6 Å². The Morgan fingerprint density at radius 1 is 1.08 bits per heavy atom. The van der Waals surface area contributed by atoms with Crippen LogP contribution in [0.5, 0.6) is 0 Å². The molecule has 0 saturated carbocycles. The van der Waals surface area contributed by atoms with E-state index in [-0.39, 0.29) is 23.7 Å². The molecule has 0 spiro atoms. The number of rotatable bonds is 3.